The maximum absolute atomic E-state index is 13.0. The number of carbonyl (C=O) groups excluding carboxylic acids is 1. The molecule has 1 fully saturated rings. The molecule has 3 heterocycles. The van der Waals surface area contributed by atoms with Gasteiger partial charge in [0.05, 0.1) is 21.4 Å². The van der Waals surface area contributed by atoms with Crippen LogP contribution in [0.5, 0.6) is 0 Å². The van der Waals surface area contributed by atoms with Crippen molar-refractivity contribution >= 4 is 33.0 Å². The minimum Gasteiger partial charge on any atom is -0.339 e. The molecule has 2 aromatic heterocycles. The molecule has 0 bridgehead atoms. The second kappa shape index (κ2) is 8.52. The lowest BCUT2D eigenvalue weighted by atomic mass is 9.99. The van der Waals surface area contributed by atoms with Crippen molar-refractivity contribution < 1.29 is 17.7 Å². The number of carbonyl (C=O) groups is 1. The molecule has 1 aromatic carbocycles. The van der Waals surface area contributed by atoms with Gasteiger partial charge in [0.15, 0.2) is 0 Å². The number of piperidine rings is 1. The summed E-state index contributed by atoms with van der Waals surface area (Å²) in [6.07, 6.45) is 1.28. The normalized spacial score (nSPS) is 17.6. The SMILES string of the molecule is Cc1ccc(S(=O)(=O)N2CCCC(C(=O)Nc3cc(-c4noc(C)n4)sc3C)C2)cc1. The Hall–Kier alpha value is -2.56. The molecule has 1 unspecified atom stereocenters. The number of aromatic nitrogens is 2. The van der Waals surface area contributed by atoms with E-state index in [9.17, 15) is 13.2 Å². The van der Waals surface area contributed by atoms with E-state index in [4.69, 9.17) is 4.52 Å². The van der Waals surface area contributed by atoms with Crippen molar-refractivity contribution in [3.8, 4) is 10.7 Å². The van der Waals surface area contributed by atoms with Gasteiger partial charge in [-0.15, -0.1) is 11.3 Å². The van der Waals surface area contributed by atoms with Gasteiger partial charge >= 0.3 is 0 Å². The van der Waals surface area contributed by atoms with E-state index in [2.05, 4.69) is 15.5 Å². The van der Waals surface area contributed by atoms with Gasteiger partial charge in [0.25, 0.3) is 0 Å². The van der Waals surface area contributed by atoms with Gasteiger partial charge in [0.1, 0.15) is 0 Å². The molecular formula is C21H24N4O4S2. The number of sulfonamides is 1. The molecule has 1 atom stereocenters. The highest BCUT2D eigenvalue weighted by atomic mass is 32.2. The summed E-state index contributed by atoms with van der Waals surface area (Å²) in [5.41, 5.74) is 1.68. The Morgan fingerprint density at radius 2 is 1.97 bits per heavy atom. The fourth-order valence-electron chi connectivity index (χ4n) is 3.58. The first-order valence-corrected chi connectivity index (χ1v) is 12.3. The molecule has 1 saturated heterocycles. The van der Waals surface area contributed by atoms with Gasteiger partial charge in [0.2, 0.25) is 27.6 Å². The van der Waals surface area contributed by atoms with Crippen LogP contribution in [0.25, 0.3) is 10.7 Å². The van der Waals surface area contributed by atoms with E-state index in [1.165, 1.54) is 15.6 Å². The number of amides is 1. The molecule has 4 rings (SSSR count). The Kier molecular flexibility index (Phi) is 5.96. The van der Waals surface area contributed by atoms with Crippen LogP contribution in [0.2, 0.25) is 0 Å². The minimum atomic E-state index is -3.63. The number of hydrogen-bond acceptors (Lipinski definition) is 7. The number of benzene rings is 1. The van der Waals surface area contributed by atoms with Gasteiger partial charge in [-0.25, -0.2) is 8.42 Å². The molecule has 0 saturated carbocycles. The number of nitrogens with one attached hydrogen (secondary N) is 1. The zero-order valence-corrected chi connectivity index (χ0v) is 19.2. The van der Waals surface area contributed by atoms with Crippen LogP contribution in [0.3, 0.4) is 0 Å². The van der Waals surface area contributed by atoms with Gasteiger partial charge in [-0.1, -0.05) is 22.9 Å². The predicted octanol–water partition coefficient (Wildman–Crippen LogP) is 3.76. The first-order chi connectivity index (χ1) is 14.7. The van der Waals surface area contributed by atoms with Crippen LogP contribution in [0, 0.1) is 26.7 Å². The van der Waals surface area contributed by atoms with E-state index in [1.54, 1.807) is 31.2 Å². The molecule has 1 amide bonds. The Bertz CT molecular complexity index is 1200. The van der Waals surface area contributed by atoms with E-state index in [-0.39, 0.29) is 17.3 Å². The third kappa shape index (κ3) is 4.56. The summed E-state index contributed by atoms with van der Waals surface area (Å²) in [6.45, 7) is 6.13. The molecule has 1 aliphatic rings. The number of anilines is 1. The number of aryl methyl sites for hydroxylation is 3. The quantitative estimate of drug-likeness (QED) is 0.621. The van der Waals surface area contributed by atoms with Crippen LogP contribution >= 0.6 is 11.3 Å². The van der Waals surface area contributed by atoms with E-state index >= 15 is 0 Å². The van der Waals surface area contributed by atoms with Gasteiger partial charge in [-0.05, 0) is 44.9 Å². The Balaban J connectivity index is 1.47. The molecule has 0 aliphatic carbocycles. The molecule has 3 aromatic rings. The standard InChI is InChI=1S/C21H24N4O4S2/c1-13-6-8-17(9-7-13)31(27,28)25-10-4-5-16(12-25)21(26)23-18-11-19(30-14(18)2)20-22-15(3)29-24-20/h6-9,11,16H,4-5,10,12H2,1-3H3,(H,23,26). The van der Waals surface area contributed by atoms with Crippen molar-refractivity contribution in [2.45, 2.75) is 38.5 Å². The molecule has 1 aliphatic heterocycles. The number of thiophene rings is 1. The van der Waals surface area contributed by atoms with Crippen LogP contribution in [0.4, 0.5) is 5.69 Å². The van der Waals surface area contributed by atoms with Crippen molar-refractivity contribution in [2.75, 3.05) is 18.4 Å². The molecule has 1 N–H and O–H groups in total. The van der Waals surface area contributed by atoms with Crippen molar-refractivity contribution in [3.05, 3.63) is 46.7 Å². The van der Waals surface area contributed by atoms with E-state index in [0.717, 1.165) is 15.3 Å². The summed E-state index contributed by atoms with van der Waals surface area (Å²) in [7, 11) is -3.63. The zero-order chi connectivity index (χ0) is 22.2. The van der Waals surface area contributed by atoms with Crippen molar-refractivity contribution in [1.29, 1.82) is 0 Å². The van der Waals surface area contributed by atoms with Crippen molar-refractivity contribution in [3.63, 3.8) is 0 Å². The van der Waals surface area contributed by atoms with Crippen molar-refractivity contribution in [1.82, 2.24) is 14.4 Å². The van der Waals surface area contributed by atoms with Crippen LogP contribution in [0.15, 0.2) is 39.8 Å². The van der Waals surface area contributed by atoms with Crippen LogP contribution in [-0.2, 0) is 14.8 Å². The third-order valence-electron chi connectivity index (χ3n) is 5.34. The molecule has 8 nitrogen and oxygen atoms in total. The zero-order valence-electron chi connectivity index (χ0n) is 17.6. The number of nitrogens with zero attached hydrogens (tertiary/aromatic N) is 3. The molecule has 164 valence electrons. The lowest BCUT2D eigenvalue weighted by Crippen LogP contribution is -2.43. The van der Waals surface area contributed by atoms with Gasteiger partial charge in [-0.3, -0.25) is 4.79 Å². The van der Waals surface area contributed by atoms with E-state index in [1.807, 2.05) is 19.9 Å². The largest absolute Gasteiger partial charge is 0.339 e. The summed E-state index contributed by atoms with van der Waals surface area (Å²) in [5.74, 6) is 0.368. The highest BCUT2D eigenvalue weighted by Gasteiger charge is 2.33. The minimum absolute atomic E-state index is 0.169. The molecule has 31 heavy (non-hydrogen) atoms. The van der Waals surface area contributed by atoms with E-state index < -0.39 is 15.9 Å². The summed E-state index contributed by atoms with van der Waals surface area (Å²) in [6, 6.07) is 8.62. The summed E-state index contributed by atoms with van der Waals surface area (Å²) in [5, 5.41) is 6.88. The van der Waals surface area contributed by atoms with Gasteiger partial charge in [-0.2, -0.15) is 9.29 Å². The lowest BCUT2D eigenvalue weighted by Gasteiger charge is -2.31. The monoisotopic (exact) mass is 460 g/mol. The predicted molar refractivity (Wildman–Crippen MR) is 118 cm³/mol. The summed E-state index contributed by atoms with van der Waals surface area (Å²) >= 11 is 1.47. The van der Waals surface area contributed by atoms with Crippen molar-refractivity contribution in [2.24, 2.45) is 5.92 Å². The van der Waals surface area contributed by atoms with Gasteiger partial charge in [0, 0.05) is 24.9 Å². The maximum Gasteiger partial charge on any atom is 0.243 e. The number of hydrogen-bond donors (Lipinski definition) is 1. The average Bonchev–Trinajstić information content (AvgIpc) is 3.34. The van der Waals surface area contributed by atoms with Gasteiger partial charge < -0.3 is 9.84 Å². The number of rotatable bonds is 5. The fraction of sp³-hybridized carbons (Fsp3) is 0.381. The molecule has 10 heteroatoms. The maximum atomic E-state index is 13.0. The van der Waals surface area contributed by atoms with E-state index in [0.29, 0.717) is 36.8 Å². The lowest BCUT2D eigenvalue weighted by molar-refractivity contribution is -0.120. The summed E-state index contributed by atoms with van der Waals surface area (Å²) < 4.78 is 32.5. The smallest absolute Gasteiger partial charge is 0.243 e. The molecular weight excluding hydrogens is 436 g/mol. The second-order valence-corrected chi connectivity index (χ2v) is 10.9. The Morgan fingerprint density at radius 1 is 1.23 bits per heavy atom. The Labute approximate surface area is 185 Å². The third-order valence-corrected chi connectivity index (χ3v) is 8.26. The summed E-state index contributed by atoms with van der Waals surface area (Å²) in [4.78, 5) is 19.1. The van der Waals surface area contributed by atoms with Crippen LogP contribution in [-0.4, -0.2) is 41.9 Å². The topological polar surface area (TPSA) is 105 Å². The first kappa shape index (κ1) is 21.7. The molecule has 0 spiro atoms. The highest BCUT2D eigenvalue weighted by Crippen LogP contribution is 2.33. The van der Waals surface area contributed by atoms with Crippen LogP contribution in [0.1, 0.15) is 29.2 Å². The Morgan fingerprint density at radius 3 is 2.65 bits per heavy atom. The molecule has 0 radical (unpaired) electrons. The van der Waals surface area contributed by atoms with Crippen LogP contribution < -0.4 is 5.32 Å². The highest BCUT2D eigenvalue weighted by molar-refractivity contribution is 7.89. The average molecular weight is 461 g/mol. The first-order valence-electron chi connectivity index (χ1n) is 10.0. The fourth-order valence-corrected chi connectivity index (χ4v) is 6.01. The second-order valence-electron chi connectivity index (χ2n) is 7.72.